The van der Waals surface area contributed by atoms with Gasteiger partial charge in [0.15, 0.2) is 0 Å². The first kappa shape index (κ1) is 13.6. The summed E-state index contributed by atoms with van der Waals surface area (Å²) < 4.78 is 1.80. The summed E-state index contributed by atoms with van der Waals surface area (Å²) in [7, 11) is 1.92. The number of aryl methyl sites for hydroxylation is 1. The van der Waals surface area contributed by atoms with E-state index in [1.807, 2.05) is 19.4 Å². The van der Waals surface area contributed by atoms with Crippen LogP contribution in [0, 0.1) is 0 Å². The van der Waals surface area contributed by atoms with Gasteiger partial charge in [-0.05, 0) is 44.3 Å². The summed E-state index contributed by atoms with van der Waals surface area (Å²) in [6.45, 7) is 5.52. The van der Waals surface area contributed by atoms with Gasteiger partial charge in [-0.1, -0.05) is 6.92 Å². The highest BCUT2D eigenvalue weighted by Crippen LogP contribution is 2.26. The molecule has 1 aromatic heterocycles. The van der Waals surface area contributed by atoms with E-state index in [0.717, 1.165) is 50.9 Å². The van der Waals surface area contributed by atoms with Gasteiger partial charge in [-0.25, -0.2) is 0 Å². The van der Waals surface area contributed by atoms with Crippen LogP contribution in [0.4, 0.5) is 0 Å². The highest BCUT2D eigenvalue weighted by Gasteiger charge is 2.30. The average Bonchev–Trinajstić information content (AvgIpc) is 2.62. The number of aromatic nitrogens is 2. The first-order valence-electron chi connectivity index (χ1n) is 7.03. The Bertz CT molecular complexity index is 377. The maximum absolute atomic E-state index is 10.7. The fourth-order valence-corrected chi connectivity index (χ4v) is 2.89. The normalized spacial score (nSPS) is 26.2. The van der Waals surface area contributed by atoms with Crippen LogP contribution in [0.15, 0.2) is 12.4 Å². The third kappa shape index (κ3) is 3.56. The van der Waals surface area contributed by atoms with E-state index in [-0.39, 0.29) is 0 Å². The predicted octanol–water partition coefficient (Wildman–Crippen LogP) is 1.59. The van der Waals surface area contributed by atoms with Crippen LogP contribution in [-0.2, 0) is 13.5 Å². The molecule has 1 N–H and O–H groups in total. The molecule has 0 bridgehead atoms. The topological polar surface area (TPSA) is 41.3 Å². The van der Waals surface area contributed by atoms with Gasteiger partial charge in [0.05, 0.1) is 11.8 Å². The highest BCUT2D eigenvalue weighted by molar-refractivity contribution is 5.08. The summed E-state index contributed by atoms with van der Waals surface area (Å²) in [6, 6.07) is 0. The van der Waals surface area contributed by atoms with E-state index in [4.69, 9.17) is 0 Å². The maximum Gasteiger partial charge on any atom is 0.0701 e. The van der Waals surface area contributed by atoms with Gasteiger partial charge in [0, 0.05) is 26.2 Å². The summed E-state index contributed by atoms with van der Waals surface area (Å²) in [4.78, 5) is 2.47. The van der Waals surface area contributed by atoms with Crippen LogP contribution in [0.2, 0.25) is 0 Å². The molecule has 4 nitrogen and oxygen atoms in total. The number of nitrogens with zero attached hydrogens (tertiary/aromatic N) is 3. The summed E-state index contributed by atoms with van der Waals surface area (Å²) in [6.07, 6.45) is 8.68. The van der Waals surface area contributed by atoms with E-state index in [9.17, 15) is 5.11 Å². The van der Waals surface area contributed by atoms with Gasteiger partial charge < -0.3 is 10.0 Å². The minimum atomic E-state index is -0.536. The Hall–Kier alpha value is -0.870. The molecule has 18 heavy (non-hydrogen) atoms. The predicted molar refractivity (Wildman–Crippen MR) is 72.4 cm³/mol. The van der Waals surface area contributed by atoms with Crippen molar-refractivity contribution in [1.29, 1.82) is 0 Å². The largest absolute Gasteiger partial charge is 0.389 e. The summed E-state index contributed by atoms with van der Waals surface area (Å²) in [5.41, 5.74) is 0.606. The fourth-order valence-electron chi connectivity index (χ4n) is 2.89. The molecule has 0 spiro atoms. The van der Waals surface area contributed by atoms with Gasteiger partial charge in [0.1, 0.15) is 0 Å². The Morgan fingerprint density at radius 1 is 1.39 bits per heavy atom. The summed E-state index contributed by atoms with van der Waals surface area (Å²) >= 11 is 0. The van der Waals surface area contributed by atoms with E-state index in [2.05, 4.69) is 16.9 Å². The lowest BCUT2D eigenvalue weighted by atomic mass is 9.89. The first-order valence-corrected chi connectivity index (χ1v) is 7.03. The molecule has 0 saturated carbocycles. The molecule has 1 aromatic rings. The minimum absolute atomic E-state index is 0.536. The SMILES string of the molecule is CCCN1CCCC(O)(Cc2cnn(C)c2)CC1. The average molecular weight is 251 g/mol. The van der Waals surface area contributed by atoms with Crippen molar-refractivity contribution in [2.75, 3.05) is 19.6 Å². The lowest BCUT2D eigenvalue weighted by Crippen LogP contribution is -2.33. The molecule has 102 valence electrons. The number of aliphatic hydroxyl groups is 1. The van der Waals surface area contributed by atoms with Crippen molar-refractivity contribution < 1.29 is 5.11 Å². The molecule has 0 amide bonds. The summed E-state index contributed by atoms with van der Waals surface area (Å²) in [5.74, 6) is 0. The fraction of sp³-hybridized carbons (Fsp3) is 0.786. The molecule has 1 aliphatic rings. The van der Waals surface area contributed by atoms with Crippen molar-refractivity contribution in [1.82, 2.24) is 14.7 Å². The standard InChI is InChI=1S/C14H25N3O/c1-3-7-17-8-4-5-14(18,6-9-17)10-13-11-15-16(2)12-13/h11-12,18H,3-10H2,1-2H3. The third-order valence-electron chi connectivity index (χ3n) is 3.84. The Balaban J connectivity index is 1.94. The van der Waals surface area contributed by atoms with Crippen LogP contribution in [0.1, 0.15) is 38.2 Å². The second-order valence-electron chi connectivity index (χ2n) is 5.62. The van der Waals surface area contributed by atoms with Crippen molar-refractivity contribution in [3.63, 3.8) is 0 Å². The van der Waals surface area contributed by atoms with Gasteiger partial charge >= 0.3 is 0 Å². The van der Waals surface area contributed by atoms with Crippen LogP contribution < -0.4 is 0 Å². The highest BCUT2D eigenvalue weighted by atomic mass is 16.3. The maximum atomic E-state index is 10.7. The Morgan fingerprint density at radius 2 is 2.22 bits per heavy atom. The first-order chi connectivity index (χ1) is 8.61. The number of hydrogen-bond acceptors (Lipinski definition) is 3. The van der Waals surface area contributed by atoms with Gasteiger partial charge in [-0.3, -0.25) is 4.68 Å². The molecule has 4 heteroatoms. The van der Waals surface area contributed by atoms with Gasteiger partial charge in [0.2, 0.25) is 0 Å². The Morgan fingerprint density at radius 3 is 2.89 bits per heavy atom. The van der Waals surface area contributed by atoms with Crippen molar-refractivity contribution >= 4 is 0 Å². The van der Waals surface area contributed by atoms with Crippen LogP contribution >= 0.6 is 0 Å². The molecule has 1 unspecified atom stereocenters. The van der Waals surface area contributed by atoms with Crippen molar-refractivity contribution in [2.45, 2.75) is 44.6 Å². The van der Waals surface area contributed by atoms with E-state index in [0.29, 0.717) is 0 Å². The van der Waals surface area contributed by atoms with E-state index in [1.54, 1.807) is 4.68 Å². The molecular formula is C14H25N3O. The van der Waals surface area contributed by atoms with Crippen LogP contribution in [-0.4, -0.2) is 45.0 Å². The van der Waals surface area contributed by atoms with Crippen LogP contribution in [0.3, 0.4) is 0 Å². The van der Waals surface area contributed by atoms with E-state index in [1.165, 1.54) is 6.42 Å². The van der Waals surface area contributed by atoms with Gasteiger partial charge in [0.25, 0.3) is 0 Å². The molecule has 0 radical (unpaired) electrons. The monoisotopic (exact) mass is 251 g/mol. The molecular weight excluding hydrogens is 226 g/mol. The van der Waals surface area contributed by atoms with Crippen molar-refractivity contribution in [3.8, 4) is 0 Å². The second kappa shape index (κ2) is 5.85. The van der Waals surface area contributed by atoms with E-state index < -0.39 is 5.60 Å². The van der Waals surface area contributed by atoms with Crippen LogP contribution in [0.25, 0.3) is 0 Å². The molecule has 1 atom stereocenters. The zero-order valence-corrected chi connectivity index (χ0v) is 11.6. The molecule has 1 fully saturated rings. The molecule has 1 saturated heterocycles. The smallest absolute Gasteiger partial charge is 0.0701 e. The zero-order valence-electron chi connectivity index (χ0n) is 11.6. The lowest BCUT2D eigenvalue weighted by Gasteiger charge is -2.26. The molecule has 0 aliphatic carbocycles. The quantitative estimate of drug-likeness (QED) is 0.883. The second-order valence-corrected chi connectivity index (χ2v) is 5.62. The number of hydrogen-bond donors (Lipinski definition) is 1. The number of likely N-dealkylation sites (tertiary alicyclic amines) is 1. The molecule has 0 aromatic carbocycles. The Labute approximate surface area is 110 Å². The zero-order chi connectivity index (χ0) is 13.0. The van der Waals surface area contributed by atoms with Gasteiger partial charge in [-0.15, -0.1) is 0 Å². The van der Waals surface area contributed by atoms with Crippen molar-refractivity contribution in [2.24, 2.45) is 7.05 Å². The van der Waals surface area contributed by atoms with Crippen LogP contribution in [0.5, 0.6) is 0 Å². The summed E-state index contributed by atoms with van der Waals surface area (Å²) in [5, 5.41) is 14.9. The lowest BCUT2D eigenvalue weighted by molar-refractivity contribution is 0.0257. The van der Waals surface area contributed by atoms with Crippen molar-refractivity contribution in [3.05, 3.63) is 18.0 Å². The Kier molecular flexibility index (Phi) is 4.40. The molecule has 2 heterocycles. The third-order valence-corrected chi connectivity index (χ3v) is 3.84. The molecule has 2 rings (SSSR count). The minimum Gasteiger partial charge on any atom is -0.389 e. The number of rotatable bonds is 4. The van der Waals surface area contributed by atoms with E-state index >= 15 is 0 Å². The molecule has 1 aliphatic heterocycles. The van der Waals surface area contributed by atoms with Gasteiger partial charge in [-0.2, -0.15) is 5.10 Å².